The Morgan fingerprint density at radius 2 is 0.591 bits per heavy atom. The molecule has 1 unspecified atom stereocenters. The molecular weight excluding hydrogens is 817 g/mol. The summed E-state index contributed by atoms with van der Waals surface area (Å²) in [5, 5.41) is 0. The van der Waals surface area contributed by atoms with Gasteiger partial charge in [-0.05, 0) is 89.9 Å². The Labute approximate surface area is 406 Å². The highest BCUT2D eigenvalue weighted by molar-refractivity contribution is 5.71. The molecule has 0 aliphatic rings. The van der Waals surface area contributed by atoms with Crippen molar-refractivity contribution in [2.24, 2.45) is 0 Å². The van der Waals surface area contributed by atoms with Crippen molar-refractivity contribution in [3.63, 3.8) is 0 Å². The molecular formula is C60H98O6. The van der Waals surface area contributed by atoms with Crippen molar-refractivity contribution < 1.29 is 28.6 Å². The van der Waals surface area contributed by atoms with Gasteiger partial charge >= 0.3 is 17.9 Å². The lowest BCUT2D eigenvalue weighted by atomic mass is 10.1. The number of esters is 3. The lowest BCUT2D eigenvalue weighted by Crippen LogP contribution is -2.30. The van der Waals surface area contributed by atoms with E-state index in [-0.39, 0.29) is 31.1 Å². The summed E-state index contributed by atoms with van der Waals surface area (Å²) in [6, 6.07) is 0. The van der Waals surface area contributed by atoms with Gasteiger partial charge in [-0.3, -0.25) is 14.4 Å². The van der Waals surface area contributed by atoms with Crippen LogP contribution in [0.3, 0.4) is 0 Å². The van der Waals surface area contributed by atoms with E-state index in [0.29, 0.717) is 19.3 Å². The fourth-order valence-corrected chi connectivity index (χ4v) is 7.06. The zero-order valence-electron chi connectivity index (χ0n) is 42.7. The molecule has 6 heteroatoms. The van der Waals surface area contributed by atoms with E-state index in [1.165, 1.54) is 70.6 Å². The molecule has 0 radical (unpaired) electrons. The third kappa shape index (κ3) is 51.1. The van der Waals surface area contributed by atoms with Crippen LogP contribution in [0.25, 0.3) is 0 Å². The summed E-state index contributed by atoms with van der Waals surface area (Å²) < 4.78 is 16.8. The van der Waals surface area contributed by atoms with E-state index in [1.807, 2.05) is 24.3 Å². The van der Waals surface area contributed by atoms with Crippen LogP contribution in [0, 0.1) is 0 Å². The Kier molecular flexibility index (Phi) is 50.5. The second-order valence-electron chi connectivity index (χ2n) is 17.6. The molecule has 0 aromatic rings. The van der Waals surface area contributed by atoms with Crippen LogP contribution < -0.4 is 0 Å². The zero-order chi connectivity index (χ0) is 47.9. The van der Waals surface area contributed by atoms with Gasteiger partial charge in [-0.15, -0.1) is 0 Å². The zero-order valence-corrected chi connectivity index (χ0v) is 42.7. The molecule has 0 rings (SSSR count). The highest BCUT2D eigenvalue weighted by atomic mass is 16.6. The van der Waals surface area contributed by atoms with Gasteiger partial charge in [0.1, 0.15) is 13.2 Å². The van der Waals surface area contributed by atoms with Gasteiger partial charge in [0.05, 0.1) is 0 Å². The molecule has 0 aromatic heterocycles. The van der Waals surface area contributed by atoms with Crippen LogP contribution in [0.4, 0.5) is 0 Å². The summed E-state index contributed by atoms with van der Waals surface area (Å²) in [5.41, 5.74) is 0. The first kappa shape index (κ1) is 62.1. The number of hydrogen-bond donors (Lipinski definition) is 0. The number of carbonyl (C=O) groups is 3. The fourth-order valence-electron chi connectivity index (χ4n) is 7.06. The molecule has 0 aliphatic carbocycles. The molecule has 1 atom stereocenters. The molecule has 0 bridgehead atoms. The van der Waals surface area contributed by atoms with E-state index in [0.717, 1.165) is 122 Å². The van der Waals surface area contributed by atoms with Crippen molar-refractivity contribution >= 4 is 17.9 Å². The highest BCUT2D eigenvalue weighted by Crippen LogP contribution is 2.13. The van der Waals surface area contributed by atoms with E-state index in [9.17, 15) is 14.4 Å². The standard InChI is InChI=1S/C60H98O6/c1-4-7-10-13-16-19-22-25-27-29-31-33-35-38-41-44-47-50-53-59(62)65-56-57(55-64-58(61)52-49-46-43-40-37-24-21-18-15-12-9-6-3)66-60(63)54-51-48-45-42-39-36-34-32-30-28-26-23-20-17-14-11-8-5-2/h10,13,16,18-19,21-23,25-34,57H,4-9,11-12,14-15,17,20,24,35-56H2,1-3H3/b13-10-,19-16-,21-18-,25-22-,26-23-,29-27-,30-28-,33-31-,34-32-. The SMILES string of the molecule is CCC\C=C/C=C\C=C/C=C\C=C/CCCCCCCC(=O)OCC(COC(=O)CCCCCCC/C=C\CCCCC)OC(=O)CCCCCCC\C=C/C=C\C=C/CCCCCCC. The van der Waals surface area contributed by atoms with Gasteiger partial charge < -0.3 is 14.2 Å². The first-order valence-corrected chi connectivity index (χ1v) is 27.0. The molecule has 0 saturated carbocycles. The van der Waals surface area contributed by atoms with E-state index in [1.54, 1.807) is 0 Å². The summed E-state index contributed by atoms with van der Waals surface area (Å²) in [6.07, 6.45) is 72.0. The van der Waals surface area contributed by atoms with Crippen molar-refractivity contribution in [1.29, 1.82) is 0 Å². The molecule has 0 amide bonds. The smallest absolute Gasteiger partial charge is 0.306 e. The van der Waals surface area contributed by atoms with E-state index >= 15 is 0 Å². The lowest BCUT2D eigenvalue weighted by molar-refractivity contribution is -0.167. The first-order valence-electron chi connectivity index (χ1n) is 27.0. The third-order valence-corrected chi connectivity index (χ3v) is 11.1. The number of carbonyl (C=O) groups excluding carboxylic acids is 3. The number of hydrogen-bond acceptors (Lipinski definition) is 6. The summed E-state index contributed by atoms with van der Waals surface area (Å²) in [6.45, 7) is 6.45. The minimum atomic E-state index is -0.805. The molecule has 6 nitrogen and oxygen atoms in total. The normalized spacial score (nSPS) is 13.0. The summed E-state index contributed by atoms with van der Waals surface area (Å²) in [7, 11) is 0. The van der Waals surface area contributed by atoms with Crippen molar-refractivity contribution in [3.05, 3.63) is 109 Å². The van der Waals surface area contributed by atoms with Crippen LogP contribution in [0.1, 0.15) is 233 Å². The van der Waals surface area contributed by atoms with Gasteiger partial charge in [0.25, 0.3) is 0 Å². The fraction of sp³-hybridized carbons (Fsp3) is 0.650. The van der Waals surface area contributed by atoms with Gasteiger partial charge in [-0.2, -0.15) is 0 Å². The molecule has 66 heavy (non-hydrogen) atoms. The largest absolute Gasteiger partial charge is 0.462 e. The quantitative estimate of drug-likeness (QED) is 0.0199. The van der Waals surface area contributed by atoms with Crippen LogP contribution in [0.15, 0.2) is 109 Å². The Hall–Kier alpha value is -3.93. The Morgan fingerprint density at radius 1 is 0.303 bits per heavy atom. The van der Waals surface area contributed by atoms with Crippen LogP contribution >= 0.6 is 0 Å². The summed E-state index contributed by atoms with van der Waals surface area (Å²) >= 11 is 0. The maximum absolute atomic E-state index is 12.8. The first-order chi connectivity index (χ1) is 32.5. The van der Waals surface area contributed by atoms with Crippen LogP contribution in [-0.4, -0.2) is 37.2 Å². The Bertz CT molecular complexity index is 1370. The number of rotatable bonds is 47. The van der Waals surface area contributed by atoms with E-state index < -0.39 is 6.10 Å². The summed E-state index contributed by atoms with van der Waals surface area (Å²) in [5.74, 6) is -0.959. The second kappa shape index (κ2) is 53.7. The van der Waals surface area contributed by atoms with Gasteiger partial charge in [0, 0.05) is 19.3 Å². The predicted molar refractivity (Wildman–Crippen MR) is 283 cm³/mol. The van der Waals surface area contributed by atoms with Gasteiger partial charge in [0.15, 0.2) is 6.10 Å². The maximum Gasteiger partial charge on any atom is 0.306 e. The average Bonchev–Trinajstić information content (AvgIpc) is 3.31. The molecule has 0 aromatic carbocycles. The van der Waals surface area contributed by atoms with Gasteiger partial charge in [0.2, 0.25) is 0 Å². The molecule has 0 saturated heterocycles. The van der Waals surface area contributed by atoms with Gasteiger partial charge in [-0.1, -0.05) is 233 Å². The van der Waals surface area contributed by atoms with Crippen molar-refractivity contribution in [3.8, 4) is 0 Å². The monoisotopic (exact) mass is 915 g/mol. The topological polar surface area (TPSA) is 78.9 Å². The second-order valence-corrected chi connectivity index (χ2v) is 17.6. The molecule has 0 fully saturated rings. The lowest BCUT2D eigenvalue weighted by Gasteiger charge is -2.18. The van der Waals surface area contributed by atoms with Crippen LogP contribution in [-0.2, 0) is 28.6 Å². The average molecular weight is 915 g/mol. The van der Waals surface area contributed by atoms with E-state index in [4.69, 9.17) is 14.2 Å². The van der Waals surface area contributed by atoms with Crippen LogP contribution in [0.5, 0.6) is 0 Å². The minimum Gasteiger partial charge on any atom is -0.462 e. The molecule has 374 valence electrons. The maximum atomic E-state index is 12.8. The Morgan fingerprint density at radius 3 is 0.985 bits per heavy atom. The molecule has 0 spiro atoms. The number of ether oxygens (including phenoxy) is 3. The highest BCUT2D eigenvalue weighted by Gasteiger charge is 2.19. The predicted octanol–water partition coefficient (Wildman–Crippen LogP) is 17.9. The van der Waals surface area contributed by atoms with Gasteiger partial charge in [-0.25, -0.2) is 0 Å². The minimum absolute atomic E-state index is 0.101. The molecule has 0 aliphatic heterocycles. The van der Waals surface area contributed by atoms with Crippen LogP contribution in [0.2, 0.25) is 0 Å². The third-order valence-electron chi connectivity index (χ3n) is 11.1. The molecule has 0 heterocycles. The van der Waals surface area contributed by atoms with Crippen molar-refractivity contribution in [2.75, 3.05) is 13.2 Å². The summed E-state index contributed by atoms with van der Waals surface area (Å²) in [4.78, 5) is 38.0. The molecule has 0 N–H and O–H groups in total. The van der Waals surface area contributed by atoms with Crippen molar-refractivity contribution in [1.82, 2.24) is 0 Å². The van der Waals surface area contributed by atoms with E-state index in [2.05, 4.69) is 106 Å². The number of unbranched alkanes of at least 4 members (excludes halogenated alkanes) is 24. The number of allylic oxidation sites excluding steroid dienone is 18. The Balaban J connectivity index is 4.50. The van der Waals surface area contributed by atoms with Crippen molar-refractivity contribution in [2.45, 2.75) is 239 Å².